The number of nitrogens with two attached hydrogens (primary N) is 1. The maximum atomic E-state index is 14.1. The highest BCUT2D eigenvalue weighted by molar-refractivity contribution is 6.33. The number of carbonyl (C=O) groups excluding carboxylic acids is 4. The number of benzene rings is 2. The number of likely N-dealkylation sites (tertiary alicyclic amines) is 1. The minimum absolute atomic E-state index is 0.00514. The molecule has 0 unspecified atom stereocenters. The summed E-state index contributed by atoms with van der Waals surface area (Å²) in [6, 6.07) is 14.4. The summed E-state index contributed by atoms with van der Waals surface area (Å²) in [6.45, 7) is 0.946. The van der Waals surface area contributed by atoms with Gasteiger partial charge in [-0.1, -0.05) is 29.8 Å². The molecule has 4 heterocycles. The monoisotopic (exact) mass is 811 g/mol. The molecule has 2 aliphatic rings. The molecule has 3 amide bonds. The molecule has 0 saturated carbocycles. The second kappa shape index (κ2) is 17.1. The summed E-state index contributed by atoms with van der Waals surface area (Å²) in [5.41, 5.74) is 5.08. The first-order valence-electron chi connectivity index (χ1n) is 18.2. The Labute approximate surface area is 330 Å². The SMILES string of the molecule is CN(C)C(=O)COC(=O)c1ccc(N2CCN(C(=O)[C@@H](Cc3cc(Cl)c(N)c(C(F)(F)F)c3)OC(=O)N3CCC(c4cc5ccccc5[nH]c4=O)CC3)CC2)nc1. The number of aromatic amines is 1. The third-order valence-corrected chi connectivity index (χ3v) is 10.4. The van der Waals surface area contributed by atoms with Crippen LogP contribution in [-0.2, 0) is 31.7 Å². The van der Waals surface area contributed by atoms with Gasteiger partial charge in [0.2, 0.25) is 0 Å². The maximum Gasteiger partial charge on any atom is 0.418 e. The molecule has 1 atom stereocenters. The van der Waals surface area contributed by atoms with Gasteiger partial charge in [-0.2, -0.15) is 13.2 Å². The Bertz CT molecular complexity index is 2200. The molecule has 0 aliphatic carbocycles. The van der Waals surface area contributed by atoms with Crippen molar-refractivity contribution in [3.05, 3.63) is 98.4 Å². The van der Waals surface area contributed by atoms with Crippen molar-refractivity contribution in [1.29, 1.82) is 0 Å². The van der Waals surface area contributed by atoms with E-state index < -0.39 is 54.5 Å². The number of piperazine rings is 1. The van der Waals surface area contributed by atoms with Gasteiger partial charge in [-0.05, 0) is 66.1 Å². The van der Waals surface area contributed by atoms with Crippen LogP contribution in [0, 0.1) is 0 Å². The Morgan fingerprint density at radius 1 is 0.982 bits per heavy atom. The smallest absolute Gasteiger partial charge is 0.418 e. The number of hydrogen-bond donors (Lipinski definition) is 2. The number of rotatable bonds is 9. The van der Waals surface area contributed by atoms with Crippen molar-refractivity contribution in [2.24, 2.45) is 0 Å². The predicted octanol–water partition coefficient (Wildman–Crippen LogP) is 4.70. The fourth-order valence-corrected chi connectivity index (χ4v) is 7.09. The number of alkyl halides is 3. The molecule has 2 aliphatic heterocycles. The lowest BCUT2D eigenvalue weighted by molar-refractivity contribution is -0.141. The van der Waals surface area contributed by atoms with E-state index in [2.05, 4.69) is 9.97 Å². The molecule has 2 fully saturated rings. The standard InChI is InChI=1S/C39H41ClF3N7O7/c1-47(2)33(51)22-56-37(54)26-7-8-32(45-21-26)48-13-15-49(16-14-48)36(53)31(19-23-17-28(39(41,42)43)34(44)29(40)18-23)57-38(55)50-11-9-24(10-12-50)27-20-25-5-3-4-6-30(25)46-35(27)52/h3-8,17-18,20-21,24,31H,9-16,19,22,44H2,1-2H3,(H,46,52)/t31-/m1/s1. The van der Waals surface area contributed by atoms with Crippen LogP contribution >= 0.6 is 11.6 Å². The second-order valence-corrected chi connectivity index (χ2v) is 14.5. The van der Waals surface area contributed by atoms with Gasteiger partial charge in [0, 0.05) is 77.1 Å². The summed E-state index contributed by atoms with van der Waals surface area (Å²) in [6.07, 6.45) is -5.34. The van der Waals surface area contributed by atoms with E-state index in [1.165, 1.54) is 33.0 Å². The van der Waals surface area contributed by atoms with Crippen LogP contribution in [0.1, 0.15) is 45.8 Å². The molecule has 0 bridgehead atoms. The predicted molar refractivity (Wildman–Crippen MR) is 205 cm³/mol. The fourth-order valence-electron chi connectivity index (χ4n) is 6.85. The number of likely N-dealkylation sites (N-methyl/N-ethyl adjacent to an activating group) is 1. The first-order valence-corrected chi connectivity index (χ1v) is 18.6. The van der Waals surface area contributed by atoms with Crippen molar-refractivity contribution in [2.75, 3.05) is 70.6 Å². The van der Waals surface area contributed by atoms with E-state index in [0.29, 0.717) is 37.3 Å². The number of nitrogens with zero attached hydrogens (tertiary/aromatic N) is 5. The van der Waals surface area contributed by atoms with E-state index in [1.54, 1.807) is 20.2 Å². The largest absolute Gasteiger partial charge is 0.452 e. The number of anilines is 2. The molecule has 2 aromatic carbocycles. The van der Waals surface area contributed by atoms with E-state index in [1.807, 2.05) is 35.2 Å². The van der Waals surface area contributed by atoms with E-state index in [0.717, 1.165) is 17.0 Å². The molecular formula is C39H41ClF3N7O7. The zero-order valence-corrected chi connectivity index (χ0v) is 31.9. The lowest BCUT2D eigenvalue weighted by Crippen LogP contribution is -2.53. The summed E-state index contributed by atoms with van der Waals surface area (Å²) in [4.78, 5) is 78.0. The molecule has 0 spiro atoms. The Morgan fingerprint density at radius 3 is 2.33 bits per heavy atom. The number of aromatic nitrogens is 2. The van der Waals surface area contributed by atoms with E-state index >= 15 is 0 Å². The number of nitrogens with one attached hydrogen (secondary N) is 1. The van der Waals surface area contributed by atoms with Crippen molar-refractivity contribution in [1.82, 2.24) is 24.7 Å². The number of esters is 1. The van der Waals surface area contributed by atoms with Gasteiger partial charge in [0.05, 0.1) is 21.8 Å². The first-order chi connectivity index (χ1) is 27.1. The van der Waals surface area contributed by atoms with E-state index in [9.17, 15) is 37.1 Å². The number of H-pyrrole nitrogens is 1. The third-order valence-electron chi connectivity index (χ3n) is 10.1. The van der Waals surface area contributed by atoms with Gasteiger partial charge < -0.3 is 39.8 Å². The quantitative estimate of drug-likeness (QED) is 0.178. The Kier molecular flexibility index (Phi) is 12.3. The normalized spacial score (nSPS) is 15.6. The van der Waals surface area contributed by atoms with Gasteiger partial charge in [0.15, 0.2) is 12.7 Å². The number of pyridine rings is 2. The first kappa shape index (κ1) is 40.8. The van der Waals surface area contributed by atoms with Crippen LogP contribution < -0.4 is 16.2 Å². The molecule has 6 rings (SSSR count). The zero-order valence-electron chi connectivity index (χ0n) is 31.2. The number of nitrogen functional groups attached to an aromatic ring is 1. The van der Waals surface area contributed by atoms with Gasteiger partial charge in [-0.3, -0.25) is 14.4 Å². The number of halogens is 4. The van der Waals surface area contributed by atoms with Gasteiger partial charge in [-0.15, -0.1) is 0 Å². The van der Waals surface area contributed by atoms with Gasteiger partial charge in [0.25, 0.3) is 17.4 Å². The molecular weight excluding hydrogens is 771 g/mol. The highest BCUT2D eigenvalue weighted by Gasteiger charge is 2.37. The molecule has 4 aromatic rings. The van der Waals surface area contributed by atoms with Crippen LogP contribution in [0.15, 0.2) is 65.6 Å². The average molecular weight is 812 g/mol. The van der Waals surface area contributed by atoms with E-state index in [-0.39, 0.29) is 59.7 Å². The number of piperidine rings is 1. The molecule has 302 valence electrons. The number of ether oxygens (including phenoxy) is 2. The van der Waals surface area contributed by atoms with Gasteiger partial charge in [0.1, 0.15) is 5.82 Å². The van der Waals surface area contributed by atoms with Crippen LogP contribution in [0.25, 0.3) is 10.9 Å². The minimum atomic E-state index is -4.83. The van der Waals surface area contributed by atoms with Crippen LogP contribution in [-0.4, -0.2) is 115 Å². The molecule has 2 aromatic heterocycles. The minimum Gasteiger partial charge on any atom is -0.452 e. The zero-order chi connectivity index (χ0) is 41.0. The molecule has 57 heavy (non-hydrogen) atoms. The van der Waals surface area contributed by atoms with Crippen molar-refractivity contribution >= 4 is 57.9 Å². The Hall–Kier alpha value is -5.84. The molecule has 2 saturated heterocycles. The summed E-state index contributed by atoms with van der Waals surface area (Å²) >= 11 is 6.10. The van der Waals surface area contributed by atoms with Crippen molar-refractivity contribution in [3.8, 4) is 0 Å². The number of carbonyl (C=O) groups is 4. The Balaban J connectivity index is 1.13. The maximum absolute atomic E-state index is 14.1. The molecule has 3 N–H and O–H groups in total. The second-order valence-electron chi connectivity index (χ2n) is 14.1. The van der Waals surface area contributed by atoms with Gasteiger partial charge in [-0.25, -0.2) is 14.6 Å². The Morgan fingerprint density at radius 2 is 1.68 bits per heavy atom. The average Bonchev–Trinajstić information content (AvgIpc) is 3.20. The number of hydrogen-bond acceptors (Lipinski definition) is 10. The van der Waals surface area contributed by atoms with Crippen LogP contribution in [0.4, 0.5) is 29.5 Å². The van der Waals surface area contributed by atoms with Crippen LogP contribution in [0.2, 0.25) is 5.02 Å². The van der Waals surface area contributed by atoms with Crippen molar-refractivity contribution in [3.63, 3.8) is 0 Å². The van der Waals surface area contributed by atoms with Crippen molar-refractivity contribution in [2.45, 2.75) is 37.5 Å². The van der Waals surface area contributed by atoms with Gasteiger partial charge >= 0.3 is 18.2 Å². The topological polar surface area (TPSA) is 171 Å². The summed E-state index contributed by atoms with van der Waals surface area (Å²) in [5.74, 6) is -1.32. The number of amides is 3. The summed E-state index contributed by atoms with van der Waals surface area (Å²) in [7, 11) is 3.08. The summed E-state index contributed by atoms with van der Waals surface area (Å²) < 4.78 is 52.4. The lowest BCUT2D eigenvalue weighted by atomic mass is 9.89. The van der Waals surface area contributed by atoms with E-state index in [4.69, 9.17) is 26.8 Å². The number of fused-ring (bicyclic) bond motifs is 1. The molecule has 14 nitrogen and oxygen atoms in total. The van der Waals surface area contributed by atoms with Crippen LogP contribution in [0.3, 0.4) is 0 Å². The fraction of sp³-hybridized carbons (Fsp3) is 0.385. The summed E-state index contributed by atoms with van der Waals surface area (Å²) in [5, 5.41) is 0.528. The third kappa shape index (κ3) is 9.59. The number of para-hydroxylation sites is 1. The molecule has 18 heteroatoms. The lowest BCUT2D eigenvalue weighted by Gasteiger charge is -2.37. The van der Waals surface area contributed by atoms with Crippen molar-refractivity contribution < 1.29 is 41.8 Å². The highest BCUT2D eigenvalue weighted by Crippen LogP contribution is 2.38. The van der Waals surface area contributed by atoms with Crippen LogP contribution in [0.5, 0.6) is 0 Å². The molecule has 0 radical (unpaired) electrons. The highest BCUT2D eigenvalue weighted by atomic mass is 35.5.